The molecule has 2 fully saturated rings. The van der Waals surface area contributed by atoms with Gasteiger partial charge in [0.15, 0.2) is 12.6 Å². The summed E-state index contributed by atoms with van der Waals surface area (Å²) in [5.74, 6) is -0.253. The lowest BCUT2D eigenvalue weighted by molar-refractivity contribution is -0.359. The smallest absolute Gasteiger partial charge is 0.220 e. The zero-order valence-electron chi connectivity index (χ0n) is 37.4. The summed E-state index contributed by atoms with van der Waals surface area (Å²) in [7, 11) is 0. The second-order valence-electron chi connectivity index (χ2n) is 16.9. The molecular formula is C47H85NO13. The molecule has 14 nitrogen and oxygen atoms in total. The third-order valence-electron chi connectivity index (χ3n) is 11.6. The van der Waals surface area contributed by atoms with E-state index in [0.29, 0.717) is 6.42 Å². The van der Waals surface area contributed by atoms with E-state index < -0.39 is 86.8 Å². The predicted octanol–water partition coefficient (Wildman–Crippen LogP) is 5.15. The number of allylic oxidation sites excluding steroid dienone is 5. The first-order valence-electron chi connectivity index (χ1n) is 23.7. The second-order valence-corrected chi connectivity index (χ2v) is 16.9. The van der Waals surface area contributed by atoms with E-state index in [1.165, 1.54) is 89.9 Å². The van der Waals surface area contributed by atoms with Crippen LogP contribution in [0.1, 0.15) is 162 Å². The molecule has 356 valence electrons. The van der Waals surface area contributed by atoms with Crippen LogP contribution in [0.3, 0.4) is 0 Å². The molecule has 0 aromatic rings. The summed E-state index contributed by atoms with van der Waals surface area (Å²) in [4.78, 5) is 13.0. The summed E-state index contributed by atoms with van der Waals surface area (Å²) in [5.41, 5.74) is 0. The Morgan fingerprint density at radius 2 is 1.10 bits per heavy atom. The second kappa shape index (κ2) is 34.6. The molecule has 2 saturated heterocycles. The Morgan fingerprint density at radius 3 is 1.67 bits per heavy atom. The molecule has 9 N–H and O–H groups in total. The van der Waals surface area contributed by atoms with Gasteiger partial charge in [-0.3, -0.25) is 4.79 Å². The Balaban J connectivity index is 1.68. The number of aliphatic hydroxyl groups is 8. The number of ether oxygens (including phenoxy) is 4. The molecule has 14 heteroatoms. The van der Waals surface area contributed by atoms with Crippen molar-refractivity contribution in [3.05, 3.63) is 36.5 Å². The molecule has 0 saturated carbocycles. The molecule has 0 spiro atoms. The molecule has 12 unspecified atom stereocenters. The number of hydrogen-bond donors (Lipinski definition) is 9. The summed E-state index contributed by atoms with van der Waals surface area (Å²) in [6.45, 7) is 2.59. The van der Waals surface area contributed by atoms with E-state index in [4.69, 9.17) is 18.9 Å². The van der Waals surface area contributed by atoms with E-state index in [0.717, 1.165) is 44.9 Å². The van der Waals surface area contributed by atoms with Gasteiger partial charge in [0.05, 0.1) is 32.0 Å². The van der Waals surface area contributed by atoms with Crippen LogP contribution < -0.4 is 5.32 Å². The van der Waals surface area contributed by atoms with Crippen LogP contribution >= 0.6 is 0 Å². The fraction of sp³-hybridized carbons (Fsp3) is 0.851. The summed E-state index contributed by atoms with van der Waals surface area (Å²) in [5, 5.41) is 85.9. The van der Waals surface area contributed by atoms with Gasteiger partial charge in [0.2, 0.25) is 5.91 Å². The summed E-state index contributed by atoms with van der Waals surface area (Å²) < 4.78 is 22.5. The van der Waals surface area contributed by atoms with Crippen LogP contribution in [0, 0.1) is 0 Å². The number of carbonyl (C=O) groups is 1. The van der Waals surface area contributed by atoms with Crippen LogP contribution in [0.2, 0.25) is 0 Å². The highest BCUT2D eigenvalue weighted by Crippen LogP contribution is 2.30. The van der Waals surface area contributed by atoms with Gasteiger partial charge >= 0.3 is 0 Å². The van der Waals surface area contributed by atoms with Gasteiger partial charge in [0.1, 0.15) is 48.8 Å². The SMILES string of the molecule is CCCC/C=C/C(O)C(COC1OC(CO)C(OC2OC(CO)C(O)C(O)C2O)C(O)C1O)NC(=O)CCCCCCCCCCCCC/C=C\C/C=C\CCCCCCC. The number of hydrogen-bond acceptors (Lipinski definition) is 13. The van der Waals surface area contributed by atoms with Crippen molar-refractivity contribution >= 4 is 5.91 Å². The standard InChI is InChI=1S/C47H85NO13/c1-3-5-7-9-10-11-12-13-14-15-16-17-18-19-20-21-22-23-24-25-26-27-29-31-39(52)48-35(36(51)30-28-8-6-4-2)34-58-46-44(57)42(55)45(38(33-50)60-46)61-47-43(56)41(54)40(53)37(32-49)59-47/h12-13,15-16,28,30,35-38,40-47,49-51,53-57H,3-11,14,17-27,29,31-34H2,1-2H3,(H,48,52)/b13-12-,16-15-,30-28+. The van der Waals surface area contributed by atoms with Gasteiger partial charge < -0.3 is 65.1 Å². The molecule has 0 aromatic heterocycles. The molecule has 12 atom stereocenters. The molecule has 0 bridgehead atoms. The van der Waals surface area contributed by atoms with Crippen molar-refractivity contribution in [3.63, 3.8) is 0 Å². The molecule has 2 aliphatic heterocycles. The number of unbranched alkanes of at least 4 members (excludes halogenated alkanes) is 18. The van der Waals surface area contributed by atoms with Gasteiger partial charge in [0.25, 0.3) is 0 Å². The summed E-state index contributed by atoms with van der Waals surface area (Å²) >= 11 is 0. The van der Waals surface area contributed by atoms with Gasteiger partial charge in [-0.2, -0.15) is 0 Å². The molecule has 61 heavy (non-hydrogen) atoms. The van der Waals surface area contributed by atoms with Crippen molar-refractivity contribution in [2.24, 2.45) is 0 Å². The Hall–Kier alpha value is -1.79. The Bertz CT molecular complexity index is 1170. The third-order valence-corrected chi connectivity index (χ3v) is 11.6. The van der Waals surface area contributed by atoms with Crippen LogP contribution in [0.4, 0.5) is 0 Å². The van der Waals surface area contributed by atoms with Crippen LogP contribution in [-0.4, -0.2) is 140 Å². The zero-order valence-corrected chi connectivity index (χ0v) is 37.4. The monoisotopic (exact) mass is 872 g/mol. The van der Waals surface area contributed by atoms with E-state index in [-0.39, 0.29) is 18.9 Å². The van der Waals surface area contributed by atoms with Crippen LogP contribution in [-0.2, 0) is 23.7 Å². The molecule has 0 radical (unpaired) electrons. The van der Waals surface area contributed by atoms with E-state index in [1.54, 1.807) is 6.08 Å². The van der Waals surface area contributed by atoms with Gasteiger partial charge in [-0.1, -0.05) is 147 Å². The maximum Gasteiger partial charge on any atom is 0.220 e. The van der Waals surface area contributed by atoms with Gasteiger partial charge in [-0.15, -0.1) is 0 Å². The molecule has 2 heterocycles. The number of carbonyl (C=O) groups excluding carboxylic acids is 1. The van der Waals surface area contributed by atoms with E-state index >= 15 is 0 Å². The minimum atomic E-state index is -1.78. The molecule has 0 aliphatic carbocycles. The van der Waals surface area contributed by atoms with Gasteiger partial charge in [-0.25, -0.2) is 0 Å². The third kappa shape index (κ3) is 22.6. The number of aliphatic hydroxyl groups excluding tert-OH is 8. The van der Waals surface area contributed by atoms with Crippen molar-refractivity contribution in [1.82, 2.24) is 5.32 Å². The Labute approximate surface area is 366 Å². The maximum absolute atomic E-state index is 13.0. The van der Waals surface area contributed by atoms with Crippen LogP contribution in [0.15, 0.2) is 36.5 Å². The van der Waals surface area contributed by atoms with Crippen molar-refractivity contribution in [1.29, 1.82) is 0 Å². The first kappa shape index (κ1) is 55.3. The summed E-state index contributed by atoms with van der Waals surface area (Å²) in [6, 6.07) is -0.910. The fourth-order valence-electron chi connectivity index (χ4n) is 7.60. The molecular weight excluding hydrogens is 787 g/mol. The largest absolute Gasteiger partial charge is 0.394 e. The average Bonchev–Trinajstić information content (AvgIpc) is 3.26. The Kier molecular flexibility index (Phi) is 31.4. The highest BCUT2D eigenvalue weighted by atomic mass is 16.7. The topological polar surface area (TPSA) is 228 Å². The van der Waals surface area contributed by atoms with Gasteiger partial charge in [-0.05, 0) is 44.9 Å². The van der Waals surface area contributed by atoms with E-state index in [1.807, 2.05) is 6.08 Å². The number of amides is 1. The first-order chi connectivity index (χ1) is 29.6. The van der Waals surface area contributed by atoms with Gasteiger partial charge in [0, 0.05) is 6.42 Å². The van der Waals surface area contributed by atoms with E-state index in [2.05, 4.69) is 43.5 Å². The molecule has 1 amide bonds. The lowest BCUT2D eigenvalue weighted by Crippen LogP contribution is -2.65. The van der Waals surface area contributed by atoms with Crippen molar-refractivity contribution < 1.29 is 64.6 Å². The lowest BCUT2D eigenvalue weighted by atomic mass is 9.97. The molecule has 0 aromatic carbocycles. The van der Waals surface area contributed by atoms with E-state index in [9.17, 15) is 45.6 Å². The number of nitrogens with one attached hydrogen (secondary N) is 1. The predicted molar refractivity (Wildman–Crippen MR) is 235 cm³/mol. The quantitative estimate of drug-likeness (QED) is 0.0297. The highest BCUT2D eigenvalue weighted by Gasteiger charge is 2.50. The zero-order chi connectivity index (χ0) is 44.7. The van der Waals surface area contributed by atoms with Crippen molar-refractivity contribution in [2.45, 2.75) is 235 Å². The maximum atomic E-state index is 13.0. The first-order valence-corrected chi connectivity index (χ1v) is 23.7. The average molecular weight is 872 g/mol. The van der Waals surface area contributed by atoms with Crippen molar-refractivity contribution in [3.8, 4) is 0 Å². The summed E-state index contributed by atoms with van der Waals surface area (Å²) in [6.07, 6.45) is 21.4. The van der Waals surface area contributed by atoms with Crippen LogP contribution in [0.5, 0.6) is 0 Å². The van der Waals surface area contributed by atoms with Crippen molar-refractivity contribution in [2.75, 3.05) is 19.8 Å². The lowest BCUT2D eigenvalue weighted by Gasteiger charge is -2.46. The number of rotatable bonds is 35. The minimum absolute atomic E-state index is 0.253. The fourth-order valence-corrected chi connectivity index (χ4v) is 7.60. The van der Waals surface area contributed by atoms with Crippen LogP contribution in [0.25, 0.3) is 0 Å². The normalized spacial score (nSPS) is 28.3. The molecule has 2 rings (SSSR count). The highest BCUT2D eigenvalue weighted by molar-refractivity contribution is 5.76. The Morgan fingerprint density at radius 1 is 0.590 bits per heavy atom. The molecule has 2 aliphatic rings. The minimum Gasteiger partial charge on any atom is -0.394 e.